The zero-order valence-corrected chi connectivity index (χ0v) is 8.48. The molecule has 0 aromatic heterocycles. The van der Waals surface area contributed by atoms with E-state index in [1.807, 2.05) is 24.3 Å². The largest absolute Gasteiger partial charge is 0.399 e. The van der Waals surface area contributed by atoms with Crippen molar-refractivity contribution in [3.63, 3.8) is 0 Å². The molecule has 0 saturated heterocycles. The highest BCUT2D eigenvalue weighted by Crippen LogP contribution is 2.13. The Morgan fingerprint density at radius 3 is 2.60 bits per heavy atom. The molecule has 1 aromatic carbocycles. The van der Waals surface area contributed by atoms with Crippen molar-refractivity contribution in [2.45, 2.75) is 12.1 Å². The smallest absolute Gasteiger partial charge is 0.111 e. The number of allylic oxidation sites excluding steroid dienone is 1. The number of nitrogens with one attached hydrogen (secondary N) is 1. The first kappa shape index (κ1) is 9.80. The van der Waals surface area contributed by atoms with Crippen molar-refractivity contribution in [1.82, 2.24) is 5.32 Å². The van der Waals surface area contributed by atoms with Crippen LogP contribution in [0.3, 0.4) is 0 Å². The molecule has 1 atom stereocenters. The Bertz CT molecular complexity index is 395. The van der Waals surface area contributed by atoms with Crippen LogP contribution in [0.4, 0.5) is 0 Å². The van der Waals surface area contributed by atoms with E-state index in [0.29, 0.717) is 5.70 Å². The van der Waals surface area contributed by atoms with Crippen LogP contribution in [0.2, 0.25) is 0 Å². The molecule has 0 fully saturated rings. The average Bonchev–Trinajstić information content (AvgIpc) is 2.18. The number of hydrogen-bond acceptors (Lipinski definition) is 3. The van der Waals surface area contributed by atoms with Gasteiger partial charge in [0.05, 0.1) is 0 Å². The van der Waals surface area contributed by atoms with E-state index in [-0.39, 0.29) is 0 Å². The van der Waals surface area contributed by atoms with Gasteiger partial charge in [0.1, 0.15) is 5.66 Å². The first-order valence-electron chi connectivity index (χ1n) is 4.93. The predicted octanol–water partition coefficient (Wildman–Crippen LogP) is 0.844. The second-order valence-corrected chi connectivity index (χ2v) is 3.82. The molecule has 5 N–H and O–H groups in total. The fourth-order valence-electron chi connectivity index (χ4n) is 1.72. The Morgan fingerprint density at radius 2 is 1.93 bits per heavy atom. The number of dihydropyridines is 1. The normalized spacial score (nSPS) is 24.5. The van der Waals surface area contributed by atoms with Crippen LogP contribution in [0, 0.1) is 0 Å². The van der Waals surface area contributed by atoms with Gasteiger partial charge in [0, 0.05) is 18.3 Å². The molecule has 0 radical (unpaired) electrons. The van der Waals surface area contributed by atoms with Crippen LogP contribution in [0.1, 0.15) is 5.56 Å². The highest BCUT2D eigenvalue weighted by atomic mass is 15.1. The van der Waals surface area contributed by atoms with E-state index >= 15 is 0 Å². The summed E-state index contributed by atoms with van der Waals surface area (Å²) in [5.74, 6) is 0. The van der Waals surface area contributed by atoms with Crippen LogP contribution in [-0.4, -0.2) is 5.66 Å². The summed E-state index contributed by atoms with van der Waals surface area (Å²) < 4.78 is 0. The molecule has 0 spiro atoms. The highest BCUT2D eigenvalue weighted by molar-refractivity contribution is 5.29. The lowest BCUT2D eigenvalue weighted by Crippen LogP contribution is -2.53. The summed E-state index contributed by atoms with van der Waals surface area (Å²) in [6.07, 6.45) is 6.16. The average molecular weight is 201 g/mol. The summed E-state index contributed by atoms with van der Waals surface area (Å²) in [7, 11) is 0. The Labute approximate surface area is 89.5 Å². The second-order valence-electron chi connectivity index (χ2n) is 3.82. The van der Waals surface area contributed by atoms with Crippen LogP contribution in [0.15, 0.2) is 54.4 Å². The first-order chi connectivity index (χ1) is 7.18. The van der Waals surface area contributed by atoms with Crippen LogP contribution in [0.25, 0.3) is 0 Å². The summed E-state index contributed by atoms with van der Waals surface area (Å²) in [5, 5.41) is 3.12. The van der Waals surface area contributed by atoms with E-state index < -0.39 is 5.66 Å². The van der Waals surface area contributed by atoms with Crippen molar-refractivity contribution in [1.29, 1.82) is 0 Å². The Balaban J connectivity index is 2.16. The maximum Gasteiger partial charge on any atom is 0.111 e. The molecular weight excluding hydrogens is 186 g/mol. The number of rotatable bonds is 2. The van der Waals surface area contributed by atoms with Gasteiger partial charge in [-0.25, -0.2) is 0 Å². The molecule has 2 rings (SSSR count). The van der Waals surface area contributed by atoms with Crippen LogP contribution >= 0.6 is 0 Å². The minimum Gasteiger partial charge on any atom is -0.399 e. The monoisotopic (exact) mass is 201 g/mol. The van der Waals surface area contributed by atoms with Crippen molar-refractivity contribution >= 4 is 0 Å². The Hall–Kier alpha value is -1.74. The maximum atomic E-state index is 6.16. The molecule has 1 heterocycles. The maximum absolute atomic E-state index is 6.16. The topological polar surface area (TPSA) is 64.1 Å². The van der Waals surface area contributed by atoms with Gasteiger partial charge in [0.2, 0.25) is 0 Å². The van der Waals surface area contributed by atoms with E-state index in [0.717, 1.165) is 6.42 Å². The Morgan fingerprint density at radius 1 is 1.20 bits per heavy atom. The van der Waals surface area contributed by atoms with Gasteiger partial charge in [-0.3, -0.25) is 0 Å². The second kappa shape index (κ2) is 3.79. The summed E-state index contributed by atoms with van der Waals surface area (Å²) in [4.78, 5) is 0. The molecule has 1 aliphatic heterocycles. The first-order valence-corrected chi connectivity index (χ1v) is 4.93. The van der Waals surface area contributed by atoms with E-state index in [9.17, 15) is 0 Å². The fraction of sp³-hybridized carbons (Fsp3) is 0.167. The molecule has 1 unspecified atom stereocenters. The lowest BCUT2D eigenvalue weighted by Gasteiger charge is -2.29. The minimum atomic E-state index is -0.569. The summed E-state index contributed by atoms with van der Waals surface area (Å²) in [6, 6.07) is 10.1. The number of hydrogen-bond donors (Lipinski definition) is 3. The summed E-state index contributed by atoms with van der Waals surface area (Å²) in [6.45, 7) is 0. The lowest BCUT2D eigenvalue weighted by atomic mass is 9.98. The molecule has 78 valence electrons. The van der Waals surface area contributed by atoms with Gasteiger partial charge in [0.15, 0.2) is 0 Å². The highest BCUT2D eigenvalue weighted by Gasteiger charge is 2.22. The van der Waals surface area contributed by atoms with E-state index in [2.05, 4.69) is 17.4 Å². The molecule has 0 amide bonds. The van der Waals surface area contributed by atoms with E-state index in [1.54, 1.807) is 12.3 Å². The zero-order chi connectivity index (χ0) is 10.7. The molecule has 1 aliphatic rings. The fourth-order valence-corrected chi connectivity index (χ4v) is 1.72. The molecule has 3 heteroatoms. The van der Waals surface area contributed by atoms with Gasteiger partial charge < -0.3 is 16.8 Å². The molecular formula is C12H15N3. The van der Waals surface area contributed by atoms with Crippen molar-refractivity contribution < 1.29 is 0 Å². The van der Waals surface area contributed by atoms with Gasteiger partial charge in [0.25, 0.3) is 0 Å². The third kappa shape index (κ3) is 2.39. The third-order valence-corrected chi connectivity index (χ3v) is 2.39. The van der Waals surface area contributed by atoms with Crippen molar-refractivity contribution in [2.24, 2.45) is 11.5 Å². The van der Waals surface area contributed by atoms with Gasteiger partial charge in [-0.1, -0.05) is 30.3 Å². The van der Waals surface area contributed by atoms with Crippen LogP contribution < -0.4 is 16.8 Å². The summed E-state index contributed by atoms with van der Waals surface area (Å²) >= 11 is 0. The number of benzene rings is 1. The quantitative estimate of drug-likeness (QED) is 0.664. The van der Waals surface area contributed by atoms with Gasteiger partial charge in [-0.2, -0.15) is 0 Å². The van der Waals surface area contributed by atoms with Crippen LogP contribution in [-0.2, 0) is 6.42 Å². The SMILES string of the molecule is NC1=CC(N)(Cc2ccccc2)NC=C1. The minimum absolute atomic E-state index is 0.569. The molecule has 15 heavy (non-hydrogen) atoms. The van der Waals surface area contributed by atoms with Gasteiger partial charge in [-0.15, -0.1) is 0 Å². The standard InChI is InChI=1S/C12H15N3/c13-11-6-7-15-12(14,9-11)8-10-4-2-1-3-5-10/h1-7,9,15H,8,13-14H2. The predicted molar refractivity (Wildman–Crippen MR) is 61.6 cm³/mol. The summed E-state index contributed by atoms with van der Waals surface area (Å²) in [5.41, 5.74) is 13.2. The van der Waals surface area contributed by atoms with Gasteiger partial charge >= 0.3 is 0 Å². The van der Waals surface area contributed by atoms with Crippen molar-refractivity contribution in [3.05, 3.63) is 59.9 Å². The van der Waals surface area contributed by atoms with Crippen LogP contribution in [0.5, 0.6) is 0 Å². The zero-order valence-electron chi connectivity index (χ0n) is 8.48. The van der Waals surface area contributed by atoms with Crippen molar-refractivity contribution in [2.75, 3.05) is 0 Å². The van der Waals surface area contributed by atoms with Gasteiger partial charge in [-0.05, 0) is 17.7 Å². The third-order valence-electron chi connectivity index (χ3n) is 2.39. The van der Waals surface area contributed by atoms with E-state index in [1.165, 1.54) is 5.56 Å². The molecule has 0 saturated carbocycles. The molecule has 0 aliphatic carbocycles. The molecule has 1 aromatic rings. The lowest BCUT2D eigenvalue weighted by molar-refractivity contribution is 0.462. The molecule has 3 nitrogen and oxygen atoms in total. The van der Waals surface area contributed by atoms with Crippen molar-refractivity contribution in [3.8, 4) is 0 Å². The van der Waals surface area contributed by atoms with E-state index in [4.69, 9.17) is 11.5 Å². The number of nitrogens with two attached hydrogens (primary N) is 2. The Kier molecular flexibility index (Phi) is 2.47. The molecule has 0 bridgehead atoms.